The zero-order chi connectivity index (χ0) is 11.0. The van der Waals surface area contributed by atoms with Crippen molar-refractivity contribution in [1.82, 2.24) is 0 Å². The number of carbonyl (C=O) groups excluding carboxylic acids is 1. The molecule has 0 aliphatic heterocycles. The lowest BCUT2D eigenvalue weighted by Gasteiger charge is -2.02. The van der Waals surface area contributed by atoms with E-state index in [4.69, 9.17) is 4.74 Å². The number of methoxy groups -OCH3 is 1. The Hall–Kier alpha value is -1.51. The van der Waals surface area contributed by atoms with Gasteiger partial charge in [-0.1, -0.05) is 13.8 Å². The quantitative estimate of drug-likeness (QED) is 0.791. The molecule has 0 heterocycles. The minimum Gasteiger partial charge on any atom is -0.497 e. The highest BCUT2D eigenvalue weighted by molar-refractivity contribution is 5.88. The van der Waals surface area contributed by atoms with Gasteiger partial charge in [0.2, 0.25) is 5.91 Å². The fourth-order valence-electron chi connectivity index (χ4n) is 0.878. The second kappa shape index (κ2) is 6.95. The van der Waals surface area contributed by atoms with Crippen LogP contribution in [-0.2, 0) is 4.79 Å². The number of rotatable bonds is 2. The number of nitrogens with one attached hydrogen (secondary N) is 1. The molecule has 1 aromatic rings. The van der Waals surface area contributed by atoms with Gasteiger partial charge < -0.3 is 10.1 Å². The van der Waals surface area contributed by atoms with Gasteiger partial charge in [-0.3, -0.25) is 4.79 Å². The van der Waals surface area contributed by atoms with Gasteiger partial charge in [-0.25, -0.2) is 0 Å². The van der Waals surface area contributed by atoms with Crippen LogP contribution >= 0.6 is 0 Å². The van der Waals surface area contributed by atoms with Crippen LogP contribution in [0.2, 0.25) is 0 Å². The first-order chi connectivity index (χ1) is 6.72. The van der Waals surface area contributed by atoms with Crippen molar-refractivity contribution in [3.63, 3.8) is 0 Å². The molecule has 1 rings (SSSR count). The summed E-state index contributed by atoms with van der Waals surface area (Å²) in [7, 11) is 1.60. The number of ether oxygens (including phenoxy) is 1. The monoisotopic (exact) mass is 197 g/mol. The van der Waals surface area contributed by atoms with Crippen molar-refractivity contribution in [3.05, 3.63) is 24.3 Å². The van der Waals surface area contributed by atoms with Crippen LogP contribution in [0.5, 0.6) is 5.75 Å². The van der Waals surface area contributed by atoms with Crippen LogP contribution in [0.4, 0.5) is 5.69 Å². The molecule has 1 amide bonds. The molecule has 0 radical (unpaired) electrons. The molecule has 3 nitrogen and oxygen atoms in total. The van der Waals surface area contributed by atoms with Gasteiger partial charge in [-0.2, -0.15) is 0 Å². The second-order valence-corrected chi connectivity index (χ2v) is 2.41. The SMILES string of the molecule is CC.COc1ccc(NC(C)=O)cc1.[HH]. The largest absolute Gasteiger partial charge is 0.497 e. The average molecular weight is 197 g/mol. The summed E-state index contributed by atoms with van der Waals surface area (Å²) in [6.07, 6.45) is 0. The lowest BCUT2D eigenvalue weighted by atomic mass is 10.3. The van der Waals surface area contributed by atoms with Crippen LogP contribution in [0.15, 0.2) is 24.3 Å². The number of benzene rings is 1. The summed E-state index contributed by atoms with van der Waals surface area (Å²) >= 11 is 0. The third kappa shape index (κ3) is 4.50. The Balaban J connectivity index is 0. The van der Waals surface area contributed by atoms with Gasteiger partial charge in [0, 0.05) is 14.0 Å². The van der Waals surface area contributed by atoms with Crippen LogP contribution in [0.25, 0.3) is 0 Å². The summed E-state index contributed by atoms with van der Waals surface area (Å²) in [5, 5.41) is 2.66. The molecular weight excluding hydrogens is 178 g/mol. The Labute approximate surface area is 86.6 Å². The maximum Gasteiger partial charge on any atom is 0.221 e. The Kier molecular flexibility index (Phi) is 6.20. The minimum atomic E-state index is -0.0693. The maximum atomic E-state index is 10.6. The molecule has 80 valence electrons. The topological polar surface area (TPSA) is 38.3 Å². The Morgan fingerprint density at radius 1 is 1.29 bits per heavy atom. The van der Waals surface area contributed by atoms with Crippen LogP contribution in [-0.4, -0.2) is 13.0 Å². The first kappa shape index (κ1) is 12.5. The van der Waals surface area contributed by atoms with E-state index in [1.165, 1.54) is 6.92 Å². The molecule has 1 aromatic carbocycles. The highest BCUT2D eigenvalue weighted by Crippen LogP contribution is 2.14. The van der Waals surface area contributed by atoms with Crippen molar-refractivity contribution in [2.45, 2.75) is 20.8 Å². The fraction of sp³-hybridized carbons (Fsp3) is 0.364. The first-order valence-electron chi connectivity index (χ1n) is 4.64. The van der Waals surface area contributed by atoms with Gasteiger partial charge >= 0.3 is 0 Å². The molecule has 0 aromatic heterocycles. The van der Waals surface area contributed by atoms with Crippen LogP contribution in [0, 0.1) is 0 Å². The van der Waals surface area contributed by atoms with Crippen molar-refractivity contribution < 1.29 is 11.0 Å². The van der Waals surface area contributed by atoms with E-state index in [0.29, 0.717) is 0 Å². The molecule has 3 heteroatoms. The maximum absolute atomic E-state index is 10.6. The fourth-order valence-corrected chi connectivity index (χ4v) is 0.878. The molecular formula is C11H19NO2. The third-order valence-corrected chi connectivity index (χ3v) is 1.41. The van der Waals surface area contributed by atoms with Gasteiger partial charge in [-0.05, 0) is 24.3 Å². The predicted molar refractivity (Wildman–Crippen MR) is 60.8 cm³/mol. The zero-order valence-corrected chi connectivity index (χ0v) is 9.13. The summed E-state index contributed by atoms with van der Waals surface area (Å²) in [6.45, 7) is 5.48. The normalized spacial score (nSPS) is 8.29. The standard InChI is InChI=1S/C9H11NO2.C2H6.H2/c1-7(11)10-8-3-5-9(12-2)6-4-8;1-2;/h3-6H,1-2H3,(H,10,11);1-2H3;1H. The molecule has 0 bridgehead atoms. The molecule has 0 fully saturated rings. The van der Waals surface area contributed by atoms with Crippen molar-refractivity contribution in [3.8, 4) is 5.75 Å². The molecule has 14 heavy (non-hydrogen) atoms. The summed E-state index contributed by atoms with van der Waals surface area (Å²) in [6, 6.07) is 7.18. The summed E-state index contributed by atoms with van der Waals surface area (Å²) in [5.41, 5.74) is 0.781. The molecule has 0 aliphatic carbocycles. The average Bonchev–Trinajstić information content (AvgIpc) is 2.21. The number of hydrogen-bond acceptors (Lipinski definition) is 2. The number of hydrogen-bond donors (Lipinski definition) is 1. The minimum absolute atomic E-state index is 0. The van der Waals surface area contributed by atoms with Crippen molar-refractivity contribution in [1.29, 1.82) is 0 Å². The van der Waals surface area contributed by atoms with Crippen molar-refractivity contribution in [2.75, 3.05) is 12.4 Å². The van der Waals surface area contributed by atoms with E-state index in [9.17, 15) is 4.79 Å². The summed E-state index contributed by atoms with van der Waals surface area (Å²) in [5.74, 6) is 0.712. The van der Waals surface area contributed by atoms with Gasteiger partial charge in [0.1, 0.15) is 5.75 Å². The molecule has 0 atom stereocenters. The highest BCUT2D eigenvalue weighted by atomic mass is 16.5. The van der Waals surface area contributed by atoms with E-state index in [2.05, 4.69) is 5.32 Å². The Bertz CT molecular complexity index is 272. The van der Waals surface area contributed by atoms with Crippen molar-refractivity contribution in [2.24, 2.45) is 0 Å². The lowest BCUT2D eigenvalue weighted by Crippen LogP contribution is -2.05. The molecule has 0 aliphatic rings. The van der Waals surface area contributed by atoms with Gasteiger partial charge in [0.15, 0.2) is 0 Å². The first-order valence-corrected chi connectivity index (χ1v) is 4.64. The lowest BCUT2D eigenvalue weighted by molar-refractivity contribution is -0.114. The Morgan fingerprint density at radius 2 is 1.79 bits per heavy atom. The van der Waals surface area contributed by atoms with E-state index >= 15 is 0 Å². The molecule has 0 unspecified atom stereocenters. The number of amides is 1. The van der Waals surface area contributed by atoms with Crippen LogP contribution < -0.4 is 10.1 Å². The smallest absolute Gasteiger partial charge is 0.221 e. The van der Waals surface area contributed by atoms with E-state index in [0.717, 1.165) is 11.4 Å². The molecule has 0 saturated heterocycles. The van der Waals surface area contributed by atoms with Gasteiger partial charge in [-0.15, -0.1) is 0 Å². The Morgan fingerprint density at radius 3 is 2.14 bits per heavy atom. The van der Waals surface area contributed by atoms with Gasteiger partial charge in [0.05, 0.1) is 7.11 Å². The third-order valence-electron chi connectivity index (χ3n) is 1.41. The second-order valence-electron chi connectivity index (χ2n) is 2.41. The van der Waals surface area contributed by atoms with Crippen LogP contribution in [0.1, 0.15) is 22.2 Å². The van der Waals surface area contributed by atoms with E-state index < -0.39 is 0 Å². The van der Waals surface area contributed by atoms with Crippen LogP contribution in [0.3, 0.4) is 0 Å². The summed E-state index contributed by atoms with van der Waals surface area (Å²) < 4.78 is 4.96. The molecule has 1 N–H and O–H groups in total. The number of anilines is 1. The van der Waals surface area contributed by atoms with Crippen molar-refractivity contribution >= 4 is 11.6 Å². The van der Waals surface area contributed by atoms with E-state index in [1.54, 1.807) is 31.4 Å². The van der Waals surface area contributed by atoms with E-state index in [-0.39, 0.29) is 7.33 Å². The van der Waals surface area contributed by atoms with E-state index in [1.807, 2.05) is 13.8 Å². The molecule has 0 spiro atoms. The molecule has 0 saturated carbocycles. The highest BCUT2D eigenvalue weighted by Gasteiger charge is 1.94. The number of carbonyl (C=O) groups is 1. The predicted octanol–water partition coefficient (Wildman–Crippen LogP) is 2.93. The summed E-state index contributed by atoms with van der Waals surface area (Å²) in [4.78, 5) is 10.6. The zero-order valence-electron chi connectivity index (χ0n) is 9.13. The van der Waals surface area contributed by atoms with Gasteiger partial charge in [0.25, 0.3) is 0 Å².